The number of morpholine rings is 1. The second kappa shape index (κ2) is 5.59. The van der Waals surface area contributed by atoms with Crippen molar-refractivity contribution in [3.05, 3.63) is 40.8 Å². The predicted molar refractivity (Wildman–Crippen MR) is 76.8 cm³/mol. The van der Waals surface area contributed by atoms with Gasteiger partial charge in [-0.3, -0.25) is 4.79 Å². The molecule has 1 fully saturated rings. The van der Waals surface area contributed by atoms with Crippen LogP contribution in [0, 0.1) is 0 Å². The molecule has 0 spiro atoms. The lowest BCUT2D eigenvalue weighted by molar-refractivity contribution is -0.113. The van der Waals surface area contributed by atoms with Gasteiger partial charge in [-0.1, -0.05) is 30.3 Å². The van der Waals surface area contributed by atoms with Gasteiger partial charge in [0.1, 0.15) is 0 Å². The molecule has 19 heavy (non-hydrogen) atoms. The van der Waals surface area contributed by atoms with Crippen molar-refractivity contribution in [2.24, 2.45) is 4.99 Å². The topological polar surface area (TPSA) is 41.9 Å². The van der Waals surface area contributed by atoms with Crippen molar-refractivity contribution in [1.82, 2.24) is 4.90 Å². The van der Waals surface area contributed by atoms with Crippen molar-refractivity contribution < 1.29 is 9.53 Å². The van der Waals surface area contributed by atoms with E-state index in [0.717, 1.165) is 23.8 Å². The van der Waals surface area contributed by atoms with Crippen molar-refractivity contribution in [1.29, 1.82) is 0 Å². The Hall–Kier alpha value is -1.59. The molecule has 1 saturated heterocycles. The van der Waals surface area contributed by atoms with Crippen LogP contribution >= 0.6 is 11.8 Å². The third-order valence-electron chi connectivity index (χ3n) is 2.99. The minimum absolute atomic E-state index is 0.143. The number of hydrogen-bond donors (Lipinski definition) is 0. The maximum Gasteiger partial charge on any atom is 0.286 e. The zero-order valence-corrected chi connectivity index (χ0v) is 11.2. The third-order valence-corrected chi connectivity index (χ3v) is 4.03. The van der Waals surface area contributed by atoms with E-state index >= 15 is 0 Å². The Balaban J connectivity index is 1.74. The highest BCUT2D eigenvalue weighted by Crippen LogP contribution is 2.30. The number of carbonyl (C=O) groups is 1. The van der Waals surface area contributed by atoms with Crippen molar-refractivity contribution in [2.75, 3.05) is 26.3 Å². The van der Waals surface area contributed by atoms with Crippen LogP contribution in [0.2, 0.25) is 0 Å². The first kappa shape index (κ1) is 12.4. The molecule has 0 unspecified atom stereocenters. The van der Waals surface area contributed by atoms with Crippen molar-refractivity contribution in [2.45, 2.75) is 0 Å². The van der Waals surface area contributed by atoms with E-state index in [2.05, 4.69) is 9.89 Å². The van der Waals surface area contributed by atoms with Gasteiger partial charge in [-0.2, -0.15) is 4.99 Å². The van der Waals surface area contributed by atoms with Gasteiger partial charge in [0.15, 0.2) is 5.17 Å². The first-order valence-corrected chi connectivity index (χ1v) is 7.05. The van der Waals surface area contributed by atoms with Crippen LogP contribution in [0.5, 0.6) is 0 Å². The number of amides is 1. The van der Waals surface area contributed by atoms with E-state index < -0.39 is 0 Å². The lowest BCUT2D eigenvalue weighted by atomic mass is 10.2. The normalized spacial score (nSPS) is 21.9. The predicted octanol–water partition coefficient (Wildman–Crippen LogP) is 1.99. The van der Waals surface area contributed by atoms with E-state index in [-0.39, 0.29) is 5.91 Å². The number of carbonyl (C=O) groups excluding carboxylic acids is 1. The van der Waals surface area contributed by atoms with Crippen LogP contribution in [0.4, 0.5) is 0 Å². The number of rotatable bonds is 1. The van der Waals surface area contributed by atoms with Crippen molar-refractivity contribution >= 4 is 28.9 Å². The number of hydrogen-bond acceptors (Lipinski definition) is 4. The van der Waals surface area contributed by atoms with Crippen LogP contribution in [-0.2, 0) is 9.53 Å². The van der Waals surface area contributed by atoms with Gasteiger partial charge in [0.2, 0.25) is 0 Å². The quantitative estimate of drug-likeness (QED) is 0.734. The van der Waals surface area contributed by atoms with E-state index in [9.17, 15) is 4.79 Å². The highest BCUT2D eigenvalue weighted by atomic mass is 32.2. The molecule has 0 bridgehead atoms. The molecular formula is C14H14N2O2S. The zero-order valence-electron chi connectivity index (χ0n) is 10.4. The van der Waals surface area contributed by atoms with Gasteiger partial charge in [-0.05, 0) is 23.4 Å². The van der Waals surface area contributed by atoms with Crippen LogP contribution in [0.15, 0.2) is 40.2 Å². The summed E-state index contributed by atoms with van der Waals surface area (Å²) in [6.45, 7) is 3.01. The smallest absolute Gasteiger partial charge is 0.286 e. The molecule has 2 aliphatic heterocycles. The van der Waals surface area contributed by atoms with Crippen LogP contribution < -0.4 is 0 Å². The minimum Gasteiger partial charge on any atom is -0.378 e. The van der Waals surface area contributed by atoms with Gasteiger partial charge in [0, 0.05) is 13.1 Å². The molecule has 0 atom stereocenters. The molecule has 0 aromatic heterocycles. The standard InChI is InChI=1S/C14H14N2O2S/c17-13-12(10-11-4-2-1-3-5-11)19-14(15-13)16-6-8-18-9-7-16/h1-5,10H,6-9H2/b12-10+. The average Bonchev–Trinajstić information content (AvgIpc) is 2.82. The number of thioether (sulfide) groups is 1. The number of aliphatic imine (C=N–C) groups is 1. The van der Waals surface area contributed by atoms with Crippen LogP contribution in [0.1, 0.15) is 5.56 Å². The molecule has 3 rings (SSSR count). The van der Waals surface area contributed by atoms with E-state index in [1.54, 1.807) is 0 Å². The first-order valence-electron chi connectivity index (χ1n) is 6.23. The summed E-state index contributed by atoms with van der Waals surface area (Å²) >= 11 is 1.45. The summed E-state index contributed by atoms with van der Waals surface area (Å²) in [5.74, 6) is -0.143. The Bertz CT molecular complexity index is 534. The average molecular weight is 274 g/mol. The third kappa shape index (κ3) is 2.88. The Morgan fingerprint density at radius 3 is 2.68 bits per heavy atom. The Morgan fingerprint density at radius 2 is 1.95 bits per heavy atom. The van der Waals surface area contributed by atoms with Gasteiger partial charge in [-0.25, -0.2) is 0 Å². The van der Waals surface area contributed by atoms with Gasteiger partial charge in [-0.15, -0.1) is 0 Å². The molecule has 0 saturated carbocycles. The molecule has 2 heterocycles. The summed E-state index contributed by atoms with van der Waals surface area (Å²) in [5, 5.41) is 0.801. The van der Waals surface area contributed by atoms with E-state index in [1.165, 1.54) is 11.8 Å². The van der Waals surface area contributed by atoms with Gasteiger partial charge in [0.25, 0.3) is 5.91 Å². The second-order valence-electron chi connectivity index (χ2n) is 4.32. The number of amidine groups is 1. The summed E-state index contributed by atoms with van der Waals surface area (Å²) in [6, 6.07) is 9.84. The Labute approximate surface area is 116 Å². The summed E-state index contributed by atoms with van der Waals surface area (Å²) in [4.78, 5) is 18.8. The molecule has 1 aromatic carbocycles. The summed E-state index contributed by atoms with van der Waals surface area (Å²) < 4.78 is 5.30. The number of nitrogens with zero attached hydrogens (tertiary/aromatic N) is 2. The van der Waals surface area contributed by atoms with Gasteiger partial charge < -0.3 is 9.64 Å². The SMILES string of the molecule is O=C1N=C(N2CCOCC2)S/C1=C/c1ccccc1. The fraction of sp³-hybridized carbons (Fsp3) is 0.286. The minimum atomic E-state index is -0.143. The Kier molecular flexibility index (Phi) is 3.66. The fourth-order valence-corrected chi connectivity index (χ4v) is 2.95. The molecule has 4 nitrogen and oxygen atoms in total. The molecule has 5 heteroatoms. The molecule has 2 aliphatic rings. The number of benzene rings is 1. The zero-order chi connectivity index (χ0) is 13.1. The fourth-order valence-electron chi connectivity index (χ4n) is 1.99. The molecule has 0 radical (unpaired) electrons. The van der Waals surface area contributed by atoms with Crippen LogP contribution in [0.25, 0.3) is 6.08 Å². The van der Waals surface area contributed by atoms with Crippen LogP contribution in [-0.4, -0.2) is 42.3 Å². The second-order valence-corrected chi connectivity index (χ2v) is 5.33. The van der Waals surface area contributed by atoms with Crippen LogP contribution in [0.3, 0.4) is 0 Å². The molecule has 1 amide bonds. The molecule has 0 N–H and O–H groups in total. The highest BCUT2D eigenvalue weighted by Gasteiger charge is 2.26. The summed E-state index contributed by atoms with van der Waals surface area (Å²) in [5.41, 5.74) is 1.02. The maximum atomic E-state index is 11.9. The lowest BCUT2D eigenvalue weighted by Gasteiger charge is -2.27. The highest BCUT2D eigenvalue weighted by molar-refractivity contribution is 8.18. The van der Waals surface area contributed by atoms with Crippen molar-refractivity contribution in [3.63, 3.8) is 0 Å². The van der Waals surface area contributed by atoms with E-state index in [1.807, 2.05) is 36.4 Å². The summed E-state index contributed by atoms with van der Waals surface area (Å²) in [7, 11) is 0. The van der Waals surface area contributed by atoms with E-state index in [4.69, 9.17) is 4.74 Å². The van der Waals surface area contributed by atoms with Gasteiger partial charge in [0.05, 0.1) is 18.1 Å². The Morgan fingerprint density at radius 1 is 1.21 bits per heavy atom. The first-order chi connectivity index (χ1) is 9.33. The van der Waals surface area contributed by atoms with Gasteiger partial charge >= 0.3 is 0 Å². The lowest BCUT2D eigenvalue weighted by Crippen LogP contribution is -2.38. The monoisotopic (exact) mass is 274 g/mol. The molecule has 0 aliphatic carbocycles. The number of ether oxygens (including phenoxy) is 1. The summed E-state index contributed by atoms with van der Waals surface area (Å²) in [6.07, 6.45) is 1.89. The molecule has 1 aromatic rings. The van der Waals surface area contributed by atoms with E-state index in [0.29, 0.717) is 18.1 Å². The molecular weight excluding hydrogens is 260 g/mol. The maximum absolute atomic E-state index is 11.9. The van der Waals surface area contributed by atoms with Crippen molar-refractivity contribution in [3.8, 4) is 0 Å². The molecule has 98 valence electrons. The largest absolute Gasteiger partial charge is 0.378 e.